The number of thiazole rings is 1. The van der Waals surface area contributed by atoms with E-state index in [1.54, 1.807) is 28.4 Å². The Labute approximate surface area is 458 Å². The van der Waals surface area contributed by atoms with Gasteiger partial charge in [0.25, 0.3) is 0 Å². The Bertz CT molecular complexity index is 2810. The summed E-state index contributed by atoms with van der Waals surface area (Å²) in [5.74, 6) is 0.971. The second-order valence-corrected chi connectivity index (χ2v) is 24.0. The number of piperazine rings is 1. The Kier molecular flexibility index (Phi) is 16.6. The number of nitrogens with one attached hydrogen (secondary N) is 1. The second-order valence-electron chi connectivity index (χ2n) is 21.7. The van der Waals surface area contributed by atoms with Gasteiger partial charge in [-0.2, -0.15) is 0 Å². The summed E-state index contributed by atoms with van der Waals surface area (Å²) in [5, 5.41) is 23.8. The van der Waals surface area contributed by atoms with Gasteiger partial charge in [0.2, 0.25) is 17.7 Å². The van der Waals surface area contributed by atoms with Crippen molar-refractivity contribution in [3.63, 3.8) is 0 Å². The summed E-state index contributed by atoms with van der Waals surface area (Å²) >= 11 is 10.1. The normalized spacial score (nSPS) is 23.2. The van der Waals surface area contributed by atoms with Gasteiger partial charge in [0.1, 0.15) is 28.7 Å². The molecule has 22 heteroatoms. The number of nitrogens with two attached hydrogens (primary N) is 1. The minimum atomic E-state index is -0.852. The van der Waals surface area contributed by atoms with E-state index in [0.717, 1.165) is 70.0 Å². The molecule has 3 amide bonds. The highest BCUT2D eigenvalue weighted by Gasteiger charge is 2.48. The van der Waals surface area contributed by atoms with Crippen LogP contribution in [0, 0.1) is 31.1 Å². The molecule has 0 unspecified atom stereocenters. The molecule has 5 saturated heterocycles. The summed E-state index contributed by atoms with van der Waals surface area (Å²) in [6.45, 7) is 17.0. The third kappa shape index (κ3) is 11.6. The van der Waals surface area contributed by atoms with Crippen LogP contribution in [0.1, 0.15) is 88.3 Å². The minimum absolute atomic E-state index is 0.0456. The summed E-state index contributed by atoms with van der Waals surface area (Å²) in [7, 11) is 0. The molecule has 0 radical (unpaired) electrons. The largest absolute Gasteiger partial charge is 0.391 e. The van der Waals surface area contributed by atoms with Gasteiger partial charge < -0.3 is 40.5 Å². The van der Waals surface area contributed by atoms with Crippen molar-refractivity contribution in [1.29, 1.82) is 0 Å². The van der Waals surface area contributed by atoms with Crippen LogP contribution in [0.4, 0.5) is 11.6 Å². The standard InChI is InChI=1S/C54H71ClN14O5S2/c1-33(2)47(69-29-34(3)62-63-69)53(73)68-30-40(70)26-42(68)51(71)61-41(37-6-8-38(9-7-37)48-35(4)60-32-75-48)13-17-64-22-24-67(25-23-64)52(72)39-11-18-66(19-12-39)50-46(55)43(10-16-57-50)76-45-28-58-44(27-59-45)65-20-14-54(15-21-65)31-74-36(5)49(54)56/h6-10,16,27-29,32-33,36,39-42,47,49,70H,11-15,17-26,30-31,56H2,1-5H3,(H,61,71)/t36-,40+,41-,42-,47-,49+/m0/s1. The van der Waals surface area contributed by atoms with Crippen molar-refractivity contribution >= 4 is 64.1 Å². The monoisotopic (exact) mass is 1090 g/mol. The van der Waals surface area contributed by atoms with E-state index in [0.29, 0.717) is 81.6 Å². The zero-order chi connectivity index (χ0) is 53.3. The SMILES string of the molecule is Cc1cn([C@H](C(=O)N2C[C@H](O)C[C@H]2C(=O)N[C@@H](CCN2CCN(C(=O)C3CCN(c4nccc(Sc5cnc(N6CCC7(CC6)CO[C@@H](C)[C@H]7N)cn5)c4Cl)CC3)CC2)c2ccc(-c3scnc3C)cc2)C(C)C)nn1. The molecule has 0 bridgehead atoms. The van der Waals surface area contributed by atoms with Crippen LogP contribution < -0.4 is 20.9 Å². The summed E-state index contributed by atoms with van der Waals surface area (Å²) in [6.07, 6.45) is 10.5. The number of pyridine rings is 1. The van der Waals surface area contributed by atoms with E-state index in [1.807, 2.05) is 56.6 Å². The summed E-state index contributed by atoms with van der Waals surface area (Å²) in [5.41, 5.74) is 12.1. The predicted octanol–water partition coefficient (Wildman–Crippen LogP) is 5.81. The first-order valence-corrected chi connectivity index (χ1v) is 28.9. The maximum absolute atomic E-state index is 14.4. The quantitative estimate of drug-likeness (QED) is 0.113. The van der Waals surface area contributed by atoms with Crippen molar-refractivity contribution in [3.05, 3.63) is 82.6 Å². The van der Waals surface area contributed by atoms with E-state index >= 15 is 0 Å². The van der Waals surface area contributed by atoms with Crippen molar-refractivity contribution in [2.45, 2.75) is 119 Å². The zero-order valence-electron chi connectivity index (χ0n) is 44.1. The molecule has 406 valence electrons. The van der Waals surface area contributed by atoms with Crippen LogP contribution in [0.3, 0.4) is 0 Å². The van der Waals surface area contributed by atoms with Gasteiger partial charge in [-0.15, -0.1) is 16.4 Å². The zero-order valence-corrected chi connectivity index (χ0v) is 46.5. The molecule has 4 N–H and O–H groups in total. The van der Waals surface area contributed by atoms with Crippen LogP contribution in [0.2, 0.25) is 5.02 Å². The number of piperidine rings is 2. The molecule has 0 saturated carbocycles. The molecular formula is C54H71ClN14O5S2. The van der Waals surface area contributed by atoms with Crippen LogP contribution in [-0.2, 0) is 19.1 Å². The molecule has 4 aromatic heterocycles. The van der Waals surface area contributed by atoms with Crippen LogP contribution in [0.25, 0.3) is 10.4 Å². The Balaban J connectivity index is 0.721. The molecular weight excluding hydrogens is 1020 g/mol. The number of benzene rings is 1. The predicted molar refractivity (Wildman–Crippen MR) is 293 cm³/mol. The molecule has 1 spiro atoms. The van der Waals surface area contributed by atoms with Crippen LogP contribution >= 0.6 is 34.7 Å². The maximum Gasteiger partial charge on any atom is 0.248 e. The van der Waals surface area contributed by atoms with Gasteiger partial charge in [0.15, 0.2) is 0 Å². The Morgan fingerprint density at radius 3 is 2.34 bits per heavy atom. The number of carbonyl (C=O) groups excluding carboxylic acids is 3. The molecule has 1 aromatic carbocycles. The van der Waals surface area contributed by atoms with E-state index in [4.69, 9.17) is 32.0 Å². The molecule has 9 heterocycles. The number of nitrogens with zero attached hydrogens (tertiary/aromatic N) is 12. The molecule has 5 aromatic rings. The number of β-amino-alcohol motifs (C(OH)–C–C–N with tert-alkyl or cyclic N) is 1. The first-order valence-electron chi connectivity index (χ1n) is 26.8. The highest BCUT2D eigenvalue weighted by molar-refractivity contribution is 7.99. The van der Waals surface area contributed by atoms with Gasteiger partial charge in [0, 0.05) is 107 Å². The highest BCUT2D eigenvalue weighted by Crippen LogP contribution is 2.43. The van der Waals surface area contributed by atoms with Gasteiger partial charge in [-0.1, -0.05) is 66.7 Å². The van der Waals surface area contributed by atoms with E-state index in [2.05, 4.69) is 71.5 Å². The average Bonchev–Trinajstić information content (AvgIpc) is 4.23. The first kappa shape index (κ1) is 54.1. The molecule has 0 aliphatic carbocycles. The average molecular weight is 1100 g/mol. The number of aliphatic hydroxyl groups excluding tert-OH is 1. The number of aliphatic hydroxyl groups is 1. The minimum Gasteiger partial charge on any atom is -0.391 e. The van der Waals surface area contributed by atoms with E-state index in [9.17, 15) is 19.5 Å². The number of amides is 3. The van der Waals surface area contributed by atoms with Gasteiger partial charge in [-0.25, -0.2) is 24.6 Å². The summed E-state index contributed by atoms with van der Waals surface area (Å²) < 4.78 is 7.47. The Morgan fingerprint density at radius 2 is 1.71 bits per heavy atom. The van der Waals surface area contributed by atoms with Crippen LogP contribution in [0.15, 0.2) is 70.6 Å². The van der Waals surface area contributed by atoms with E-state index in [-0.39, 0.29) is 66.1 Å². The lowest BCUT2D eigenvalue weighted by atomic mass is 9.73. The molecule has 19 nitrogen and oxygen atoms in total. The molecule has 5 aliphatic heterocycles. The second kappa shape index (κ2) is 23.4. The summed E-state index contributed by atoms with van der Waals surface area (Å²) in [6, 6.07) is 8.31. The lowest BCUT2D eigenvalue weighted by Gasteiger charge is -2.41. The molecule has 5 fully saturated rings. The van der Waals surface area contributed by atoms with E-state index < -0.39 is 18.2 Å². The van der Waals surface area contributed by atoms with Crippen LogP contribution in [0.5, 0.6) is 0 Å². The number of hydrogen-bond acceptors (Lipinski definition) is 17. The van der Waals surface area contributed by atoms with Gasteiger partial charge in [-0.05, 0) is 76.0 Å². The highest BCUT2D eigenvalue weighted by atomic mass is 35.5. The fraction of sp³-hybridized carbons (Fsp3) is 0.574. The lowest BCUT2D eigenvalue weighted by Crippen LogP contribution is -2.52. The number of hydrogen-bond donors (Lipinski definition) is 3. The molecule has 10 rings (SSSR count). The van der Waals surface area contributed by atoms with E-state index in [1.165, 1.54) is 16.7 Å². The third-order valence-corrected chi connectivity index (χ3v) is 18.9. The van der Waals surface area contributed by atoms with Crippen molar-refractivity contribution in [1.82, 2.24) is 54.9 Å². The lowest BCUT2D eigenvalue weighted by molar-refractivity contribution is -0.142. The first-order chi connectivity index (χ1) is 36.6. The third-order valence-electron chi connectivity index (χ3n) is 16.5. The Hall–Kier alpha value is -5.29. The van der Waals surface area contributed by atoms with Gasteiger partial charge >= 0.3 is 0 Å². The number of anilines is 2. The number of likely N-dealkylation sites (tertiary alicyclic amines) is 1. The molecule has 76 heavy (non-hydrogen) atoms. The van der Waals surface area contributed by atoms with Gasteiger partial charge in [-0.3, -0.25) is 19.3 Å². The fourth-order valence-corrected chi connectivity index (χ4v) is 13.7. The number of halogens is 1. The van der Waals surface area contributed by atoms with Crippen LogP contribution in [-0.4, -0.2) is 169 Å². The van der Waals surface area contributed by atoms with Crippen molar-refractivity contribution < 1.29 is 24.2 Å². The molecule has 5 aliphatic rings. The van der Waals surface area contributed by atoms with Crippen molar-refractivity contribution in [3.8, 4) is 10.4 Å². The topological polar surface area (TPSA) is 217 Å². The van der Waals surface area contributed by atoms with Gasteiger partial charge in [0.05, 0.1) is 64.0 Å². The smallest absolute Gasteiger partial charge is 0.248 e. The fourth-order valence-electron chi connectivity index (χ4n) is 11.8. The Morgan fingerprint density at radius 1 is 0.961 bits per heavy atom. The summed E-state index contributed by atoms with van der Waals surface area (Å²) in [4.78, 5) is 73.6. The number of rotatable bonds is 15. The van der Waals surface area contributed by atoms with Crippen molar-refractivity contribution in [2.24, 2.45) is 23.0 Å². The maximum atomic E-state index is 14.4. The number of aryl methyl sites for hydroxylation is 2. The number of ether oxygens (including phenoxy) is 1. The van der Waals surface area contributed by atoms with Crippen molar-refractivity contribution in [2.75, 3.05) is 81.9 Å². The number of carbonyl (C=O) groups is 3. The molecule has 6 atom stereocenters. The number of aromatic nitrogens is 7.